The van der Waals surface area contributed by atoms with E-state index in [9.17, 15) is 4.39 Å². The van der Waals surface area contributed by atoms with Gasteiger partial charge in [0, 0.05) is 19.1 Å². The van der Waals surface area contributed by atoms with Crippen LogP contribution in [-0.4, -0.2) is 25.1 Å². The van der Waals surface area contributed by atoms with E-state index in [1.165, 1.54) is 6.07 Å². The Labute approximate surface area is 109 Å². The van der Waals surface area contributed by atoms with E-state index >= 15 is 0 Å². The van der Waals surface area contributed by atoms with Gasteiger partial charge in [0.25, 0.3) is 0 Å². The summed E-state index contributed by atoms with van der Waals surface area (Å²) in [5.41, 5.74) is 0.971. The predicted octanol–water partition coefficient (Wildman–Crippen LogP) is 2.33. The van der Waals surface area contributed by atoms with Crippen LogP contribution in [0.3, 0.4) is 0 Å². The lowest BCUT2D eigenvalue weighted by Gasteiger charge is -2.13. The minimum absolute atomic E-state index is 0.191. The summed E-state index contributed by atoms with van der Waals surface area (Å²) in [6.45, 7) is 7.65. The Bertz CT molecular complexity index is 388. The molecule has 1 aromatic rings. The standard InChI is InChI=1S/C14H22FN3/c1-4-16-14(18-11(2)3)17-9-8-12-6-5-7-13(15)10-12/h5-7,10-11H,4,8-9H2,1-3H3,(H2,16,17,18). The van der Waals surface area contributed by atoms with Crippen LogP contribution in [-0.2, 0) is 6.42 Å². The van der Waals surface area contributed by atoms with Gasteiger partial charge in [-0.3, -0.25) is 4.99 Å². The molecule has 0 aromatic heterocycles. The smallest absolute Gasteiger partial charge is 0.191 e. The minimum atomic E-state index is -0.191. The molecule has 0 bridgehead atoms. The van der Waals surface area contributed by atoms with Crippen LogP contribution >= 0.6 is 0 Å². The van der Waals surface area contributed by atoms with Crippen LogP contribution in [0.5, 0.6) is 0 Å². The molecule has 0 radical (unpaired) electrons. The Morgan fingerprint density at radius 2 is 2.17 bits per heavy atom. The summed E-state index contributed by atoms with van der Waals surface area (Å²) < 4.78 is 13.0. The highest BCUT2D eigenvalue weighted by Gasteiger charge is 1.99. The first-order valence-electron chi connectivity index (χ1n) is 6.41. The zero-order valence-electron chi connectivity index (χ0n) is 11.3. The molecule has 3 nitrogen and oxygen atoms in total. The lowest BCUT2D eigenvalue weighted by molar-refractivity contribution is 0.625. The Balaban J connectivity index is 2.50. The Hall–Kier alpha value is -1.58. The summed E-state index contributed by atoms with van der Waals surface area (Å²) in [5.74, 6) is 0.618. The summed E-state index contributed by atoms with van der Waals surface area (Å²) in [6.07, 6.45) is 0.742. The molecule has 0 unspecified atom stereocenters. The molecule has 100 valence electrons. The number of nitrogens with one attached hydrogen (secondary N) is 2. The van der Waals surface area contributed by atoms with Crippen LogP contribution in [0, 0.1) is 5.82 Å². The highest BCUT2D eigenvalue weighted by molar-refractivity contribution is 5.79. The molecule has 2 N–H and O–H groups in total. The molecule has 1 rings (SSSR count). The van der Waals surface area contributed by atoms with Gasteiger partial charge in [-0.1, -0.05) is 12.1 Å². The molecule has 0 aliphatic rings. The Morgan fingerprint density at radius 1 is 1.39 bits per heavy atom. The van der Waals surface area contributed by atoms with Crippen LogP contribution in [0.4, 0.5) is 4.39 Å². The predicted molar refractivity (Wildman–Crippen MR) is 74.4 cm³/mol. The normalized spacial score (nSPS) is 11.7. The molecule has 0 fully saturated rings. The van der Waals surface area contributed by atoms with Crippen molar-refractivity contribution < 1.29 is 4.39 Å². The molecular formula is C14H22FN3. The van der Waals surface area contributed by atoms with E-state index in [4.69, 9.17) is 0 Å². The molecule has 0 aliphatic heterocycles. The van der Waals surface area contributed by atoms with E-state index in [0.29, 0.717) is 12.6 Å². The summed E-state index contributed by atoms with van der Waals surface area (Å²) in [6, 6.07) is 7.00. The van der Waals surface area contributed by atoms with E-state index in [2.05, 4.69) is 29.5 Å². The van der Waals surface area contributed by atoms with E-state index in [0.717, 1.165) is 24.5 Å². The van der Waals surface area contributed by atoms with Crippen molar-refractivity contribution in [2.75, 3.05) is 13.1 Å². The van der Waals surface area contributed by atoms with Crippen molar-refractivity contribution >= 4 is 5.96 Å². The second-order valence-electron chi connectivity index (χ2n) is 4.44. The fraction of sp³-hybridized carbons (Fsp3) is 0.500. The first-order valence-corrected chi connectivity index (χ1v) is 6.41. The summed E-state index contributed by atoms with van der Waals surface area (Å²) >= 11 is 0. The van der Waals surface area contributed by atoms with Crippen LogP contribution in [0.2, 0.25) is 0 Å². The van der Waals surface area contributed by atoms with Crippen molar-refractivity contribution in [3.05, 3.63) is 35.6 Å². The van der Waals surface area contributed by atoms with Gasteiger partial charge in [-0.05, 0) is 44.9 Å². The van der Waals surface area contributed by atoms with Gasteiger partial charge in [-0.15, -0.1) is 0 Å². The molecule has 0 saturated heterocycles. The van der Waals surface area contributed by atoms with E-state index < -0.39 is 0 Å². The van der Waals surface area contributed by atoms with Crippen molar-refractivity contribution in [2.45, 2.75) is 33.2 Å². The van der Waals surface area contributed by atoms with Gasteiger partial charge in [-0.2, -0.15) is 0 Å². The quantitative estimate of drug-likeness (QED) is 0.622. The summed E-state index contributed by atoms with van der Waals surface area (Å²) in [5, 5.41) is 6.42. The van der Waals surface area contributed by atoms with Crippen molar-refractivity contribution in [1.29, 1.82) is 0 Å². The number of hydrogen-bond donors (Lipinski definition) is 2. The van der Waals surface area contributed by atoms with Crippen LogP contribution in [0.15, 0.2) is 29.3 Å². The Kier molecular flexibility index (Phi) is 6.19. The van der Waals surface area contributed by atoms with Crippen LogP contribution < -0.4 is 10.6 Å². The summed E-state index contributed by atoms with van der Waals surface area (Å²) in [7, 11) is 0. The van der Waals surface area contributed by atoms with E-state index in [1.54, 1.807) is 12.1 Å². The van der Waals surface area contributed by atoms with Gasteiger partial charge in [0.1, 0.15) is 5.82 Å². The van der Waals surface area contributed by atoms with Gasteiger partial charge in [-0.25, -0.2) is 4.39 Å². The fourth-order valence-corrected chi connectivity index (χ4v) is 1.58. The van der Waals surface area contributed by atoms with Crippen molar-refractivity contribution in [3.63, 3.8) is 0 Å². The largest absolute Gasteiger partial charge is 0.357 e. The number of benzene rings is 1. The third kappa shape index (κ3) is 5.66. The second kappa shape index (κ2) is 7.69. The molecule has 18 heavy (non-hydrogen) atoms. The molecule has 1 aromatic carbocycles. The second-order valence-corrected chi connectivity index (χ2v) is 4.44. The summed E-state index contributed by atoms with van der Waals surface area (Å²) in [4.78, 5) is 4.45. The number of halogens is 1. The monoisotopic (exact) mass is 251 g/mol. The molecule has 0 heterocycles. The average Bonchev–Trinajstić information content (AvgIpc) is 2.28. The average molecular weight is 251 g/mol. The zero-order valence-corrected chi connectivity index (χ0v) is 11.3. The van der Waals surface area contributed by atoms with Crippen molar-refractivity contribution in [3.8, 4) is 0 Å². The molecular weight excluding hydrogens is 229 g/mol. The molecule has 0 saturated carbocycles. The molecule has 0 atom stereocenters. The lowest BCUT2D eigenvalue weighted by atomic mass is 10.1. The first kappa shape index (κ1) is 14.5. The SMILES string of the molecule is CCNC(=NCCc1cccc(F)c1)NC(C)C. The van der Waals surface area contributed by atoms with Gasteiger partial charge in [0.15, 0.2) is 5.96 Å². The maximum absolute atomic E-state index is 13.0. The number of nitrogens with zero attached hydrogens (tertiary/aromatic N) is 1. The molecule has 0 spiro atoms. The first-order chi connectivity index (χ1) is 8.61. The topological polar surface area (TPSA) is 36.4 Å². The molecule has 4 heteroatoms. The van der Waals surface area contributed by atoms with Gasteiger partial charge < -0.3 is 10.6 Å². The van der Waals surface area contributed by atoms with Crippen molar-refractivity contribution in [1.82, 2.24) is 10.6 Å². The van der Waals surface area contributed by atoms with Crippen LogP contribution in [0.25, 0.3) is 0 Å². The number of aliphatic imine (C=N–C) groups is 1. The maximum Gasteiger partial charge on any atom is 0.191 e. The van der Waals surface area contributed by atoms with Gasteiger partial charge in [0.2, 0.25) is 0 Å². The molecule has 0 amide bonds. The van der Waals surface area contributed by atoms with E-state index in [1.807, 2.05) is 13.0 Å². The highest BCUT2D eigenvalue weighted by atomic mass is 19.1. The maximum atomic E-state index is 13.0. The van der Waals surface area contributed by atoms with Gasteiger partial charge >= 0.3 is 0 Å². The number of hydrogen-bond acceptors (Lipinski definition) is 1. The Morgan fingerprint density at radius 3 is 2.78 bits per heavy atom. The lowest BCUT2D eigenvalue weighted by Crippen LogP contribution is -2.41. The zero-order chi connectivity index (χ0) is 13.4. The molecule has 0 aliphatic carbocycles. The van der Waals surface area contributed by atoms with Crippen LogP contribution in [0.1, 0.15) is 26.3 Å². The number of rotatable bonds is 5. The highest BCUT2D eigenvalue weighted by Crippen LogP contribution is 2.04. The third-order valence-electron chi connectivity index (χ3n) is 2.33. The number of guanidine groups is 1. The fourth-order valence-electron chi connectivity index (χ4n) is 1.58. The van der Waals surface area contributed by atoms with Crippen molar-refractivity contribution in [2.24, 2.45) is 4.99 Å². The minimum Gasteiger partial charge on any atom is -0.357 e. The van der Waals surface area contributed by atoms with E-state index in [-0.39, 0.29) is 5.82 Å². The third-order valence-corrected chi connectivity index (χ3v) is 2.33. The van der Waals surface area contributed by atoms with Gasteiger partial charge in [0.05, 0.1) is 0 Å².